The van der Waals surface area contributed by atoms with Gasteiger partial charge in [0.2, 0.25) is 5.91 Å². The fourth-order valence-corrected chi connectivity index (χ4v) is 4.90. The highest BCUT2D eigenvalue weighted by atomic mass is 35.5. The van der Waals surface area contributed by atoms with Crippen LogP contribution in [-0.4, -0.2) is 57.1 Å². The third-order valence-electron chi connectivity index (χ3n) is 7.15. The molecule has 0 aliphatic carbocycles. The molecule has 0 radical (unpaired) electrons. The first-order valence-corrected chi connectivity index (χ1v) is 13.9. The number of nitrogens with one attached hydrogen (secondary N) is 1. The smallest absolute Gasteiger partial charge is 0.254 e. The summed E-state index contributed by atoms with van der Waals surface area (Å²) in [6.45, 7) is 4.52. The van der Waals surface area contributed by atoms with Crippen molar-refractivity contribution in [1.29, 1.82) is 0 Å². The maximum atomic E-state index is 13.1. The van der Waals surface area contributed by atoms with E-state index in [1.165, 1.54) is 6.08 Å². The SMILES string of the molecule is COc1cc(OC)cc(C(=O)N2CCN(c3ccc(NC(=O)/C=C/c4ccc(-c5ccc(C)c(Cl)c5)o4)cc3)CC2)c1. The number of hydrogen-bond donors (Lipinski definition) is 1. The minimum Gasteiger partial charge on any atom is -0.497 e. The molecule has 1 fully saturated rings. The van der Waals surface area contributed by atoms with Crippen molar-refractivity contribution in [3.05, 3.63) is 101 Å². The highest BCUT2D eigenvalue weighted by molar-refractivity contribution is 6.31. The van der Waals surface area contributed by atoms with E-state index >= 15 is 0 Å². The third-order valence-corrected chi connectivity index (χ3v) is 7.55. The summed E-state index contributed by atoms with van der Waals surface area (Å²) in [5, 5.41) is 3.55. The molecule has 4 aromatic rings. The number of aryl methyl sites for hydroxylation is 1. The average Bonchev–Trinajstić information content (AvgIpc) is 3.50. The first-order valence-electron chi connectivity index (χ1n) is 13.6. The molecule has 216 valence electrons. The second kappa shape index (κ2) is 12.9. The van der Waals surface area contributed by atoms with E-state index in [0.717, 1.165) is 16.8 Å². The lowest BCUT2D eigenvalue weighted by Crippen LogP contribution is -2.48. The molecule has 2 amide bonds. The van der Waals surface area contributed by atoms with Crippen molar-refractivity contribution in [3.8, 4) is 22.8 Å². The topological polar surface area (TPSA) is 84.3 Å². The number of nitrogens with zero attached hydrogens (tertiary/aromatic N) is 2. The maximum absolute atomic E-state index is 13.1. The fourth-order valence-electron chi connectivity index (χ4n) is 4.72. The Morgan fingerprint density at radius 1 is 0.881 bits per heavy atom. The summed E-state index contributed by atoms with van der Waals surface area (Å²) in [5.41, 5.74) is 4.12. The van der Waals surface area contributed by atoms with Gasteiger partial charge in [-0.3, -0.25) is 9.59 Å². The van der Waals surface area contributed by atoms with Crippen LogP contribution in [0.25, 0.3) is 17.4 Å². The quantitative estimate of drug-likeness (QED) is 0.236. The molecule has 42 heavy (non-hydrogen) atoms. The van der Waals surface area contributed by atoms with Crippen molar-refractivity contribution >= 4 is 40.9 Å². The number of hydrogen-bond acceptors (Lipinski definition) is 6. The fraction of sp³-hybridized carbons (Fsp3) is 0.212. The zero-order chi connectivity index (χ0) is 29.6. The minimum absolute atomic E-state index is 0.0525. The molecule has 1 aliphatic rings. The van der Waals surface area contributed by atoms with Crippen LogP contribution in [0.5, 0.6) is 11.5 Å². The highest BCUT2D eigenvalue weighted by Crippen LogP contribution is 2.28. The summed E-state index contributed by atoms with van der Waals surface area (Å²) in [6.07, 6.45) is 3.07. The van der Waals surface area contributed by atoms with E-state index in [2.05, 4.69) is 10.2 Å². The zero-order valence-corrected chi connectivity index (χ0v) is 24.5. The Kier molecular flexibility index (Phi) is 8.83. The minimum atomic E-state index is -0.264. The summed E-state index contributed by atoms with van der Waals surface area (Å²) in [5.74, 6) is 2.09. The van der Waals surface area contributed by atoms with Crippen molar-refractivity contribution in [2.45, 2.75) is 6.92 Å². The van der Waals surface area contributed by atoms with Gasteiger partial charge in [0.25, 0.3) is 5.91 Å². The molecular formula is C33H32ClN3O5. The number of piperazine rings is 1. The van der Waals surface area contributed by atoms with Gasteiger partial charge in [-0.1, -0.05) is 23.7 Å². The predicted octanol–water partition coefficient (Wildman–Crippen LogP) is 6.54. The van der Waals surface area contributed by atoms with Crippen LogP contribution in [0.3, 0.4) is 0 Å². The van der Waals surface area contributed by atoms with Crippen LogP contribution in [0.4, 0.5) is 11.4 Å². The van der Waals surface area contributed by atoms with Crippen molar-refractivity contribution in [1.82, 2.24) is 4.90 Å². The number of ether oxygens (including phenoxy) is 2. The number of anilines is 2. The van der Waals surface area contributed by atoms with Gasteiger partial charge in [-0.05, 0) is 73.2 Å². The Labute approximate surface area is 250 Å². The lowest BCUT2D eigenvalue weighted by Gasteiger charge is -2.36. The van der Waals surface area contributed by atoms with Crippen molar-refractivity contribution in [3.63, 3.8) is 0 Å². The second-order valence-corrected chi connectivity index (χ2v) is 10.3. The Morgan fingerprint density at radius 3 is 2.21 bits per heavy atom. The summed E-state index contributed by atoms with van der Waals surface area (Å²) < 4.78 is 16.5. The zero-order valence-electron chi connectivity index (χ0n) is 23.7. The first kappa shape index (κ1) is 28.8. The van der Waals surface area contributed by atoms with E-state index in [-0.39, 0.29) is 11.8 Å². The predicted molar refractivity (Wildman–Crippen MR) is 166 cm³/mol. The van der Waals surface area contributed by atoms with Crippen LogP contribution in [0.1, 0.15) is 21.7 Å². The summed E-state index contributed by atoms with van der Waals surface area (Å²) in [6, 6.07) is 22.3. The van der Waals surface area contributed by atoms with Gasteiger partial charge in [-0.15, -0.1) is 0 Å². The van der Waals surface area contributed by atoms with Gasteiger partial charge in [0, 0.05) is 65.8 Å². The van der Waals surface area contributed by atoms with Crippen LogP contribution < -0.4 is 19.7 Å². The Balaban J connectivity index is 1.13. The number of carbonyl (C=O) groups is 2. The Morgan fingerprint density at radius 2 is 1.57 bits per heavy atom. The van der Waals surface area contributed by atoms with E-state index in [4.69, 9.17) is 25.5 Å². The lowest BCUT2D eigenvalue weighted by molar-refractivity contribution is -0.111. The van der Waals surface area contributed by atoms with E-state index < -0.39 is 0 Å². The largest absolute Gasteiger partial charge is 0.497 e. The molecule has 0 atom stereocenters. The summed E-state index contributed by atoms with van der Waals surface area (Å²) in [7, 11) is 3.13. The Bertz CT molecular complexity index is 1580. The van der Waals surface area contributed by atoms with Gasteiger partial charge in [0.05, 0.1) is 14.2 Å². The molecule has 1 aromatic heterocycles. The van der Waals surface area contributed by atoms with Crippen molar-refractivity contribution in [2.24, 2.45) is 0 Å². The normalized spacial score (nSPS) is 13.3. The molecule has 9 heteroatoms. The first-order chi connectivity index (χ1) is 20.3. The number of amides is 2. The van der Waals surface area contributed by atoms with Crippen LogP contribution in [0, 0.1) is 6.92 Å². The summed E-state index contributed by atoms with van der Waals surface area (Å²) >= 11 is 6.23. The number of rotatable bonds is 8. The molecule has 8 nitrogen and oxygen atoms in total. The van der Waals surface area contributed by atoms with E-state index in [1.807, 2.05) is 66.4 Å². The third kappa shape index (κ3) is 6.78. The number of benzene rings is 3. The number of carbonyl (C=O) groups excluding carboxylic acids is 2. The number of furan rings is 1. The van der Waals surface area contributed by atoms with E-state index in [0.29, 0.717) is 65.5 Å². The molecule has 0 spiro atoms. The maximum Gasteiger partial charge on any atom is 0.254 e. The number of halogens is 1. The average molecular weight is 586 g/mol. The van der Waals surface area contributed by atoms with Gasteiger partial charge < -0.3 is 29.0 Å². The van der Waals surface area contributed by atoms with Gasteiger partial charge in [-0.2, -0.15) is 0 Å². The van der Waals surface area contributed by atoms with Crippen LogP contribution in [0.2, 0.25) is 5.02 Å². The molecule has 3 aromatic carbocycles. The van der Waals surface area contributed by atoms with Crippen molar-refractivity contribution in [2.75, 3.05) is 50.6 Å². The molecular weight excluding hydrogens is 554 g/mol. The van der Waals surface area contributed by atoms with Crippen LogP contribution in [-0.2, 0) is 4.79 Å². The molecule has 1 aliphatic heterocycles. The van der Waals surface area contributed by atoms with Gasteiger partial charge in [-0.25, -0.2) is 0 Å². The van der Waals surface area contributed by atoms with Crippen molar-refractivity contribution < 1.29 is 23.5 Å². The highest BCUT2D eigenvalue weighted by Gasteiger charge is 2.23. The lowest BCUT2D eigenvalue weighted by atomic mass is 10.1. The van der Waals surface area contributed by atoms with Crippen LogP contribution >= 0.6 is 11.6 Å². The van der Waals surface area contributed by atoms with Gasteiger partial charge >= 0.3 is 0 Å². The molecule has 2 heterocycles. The van der Waals surface area contributed by atoms with Gasteiger partial charge in [0.1, 0.15) is 23.0 Å². The molecule has 5 rings (SSSR count). The van der Waals surface area contributed by atoms with Crippen LogP contribution in [0.15, 0.2) is 83.3 Å². The Hall–Kier alpha value is -4.69. The second-order valence-electron chi connectivity index (χ2n) is 9.92. The standard InChI is InChI=1S/C33H32ClN3O5/c1-22-4-5-23(20-30(22)34)31-12-10-27(42-31)11-13-32(38)35-25-6-8-26(9-7-25)36-14-16-37(17-15-36)33(39)24-18-28(40-2)21-29(19-24)41-3/h4-13,18-21H,14-17H2,1-3H3,(H,35,38)/b13-11+. The molecule has 1 N–H and O–H groups in total. The molecule has 0 bridgehead atoms. The monoisotopic (exact) mass is 585 g/mol. The number of methoxy groups -OCH3 is 2. The van der Waals surface area contributed by atoms with E-state index in [1.54, 1.807) is 38.5 Å². The summed E-state index contributed by atoms with van der Waals surface area (Å²) in [4.78, 5) is 29.7. The molecule has 0 saturated carbocycles. The molecule has 1 saturated heterocycles. The van der Waals surface area contributed by atoms with E-state index in [9.17, 15) is 9.59 Å². The molecule has 0 unspecified atom stereocenters. The van der Waals surface area contributed by atoms with Gasteiger partial charge in [0.15, 0.2) is 0 Å².